The van der Waals surface area contributed by atoms with Gasteiger partial charge in [-0.05, 0) is 32.5 Å². The second kappa shape index (κ2) is 11.7. The second-order valence-corrected chi connectivity index (χ2v) is 5.86. The maximum absolute atomic E-state index is 6.00. The number of likely N-dealkylation sites (N-methyl/N-ethyl adjacent to an activating group) is 1. The Balaban J connectivity index is 2.56. The number of benzene rings is 1. The molecule has 0 bridgehead atoms. The second-order valence-electron chi connectivity index (χ2n) is 5.86. The van der Waals surface area contributed by atoms with Crippen LogP contribution in [0, 0.1) is 0 Å². The first-order valence-corrected chi connectivity index (χ1v) is 9.04. The van der Waals surface area contributed by atoms with Gasteiger partial charge in [0.15, 0.2) is 5.96 Å². The van der Waals surface area contributed by atoms with Gasteiger partial charge in [0, 0.05) is 31.7 Å². The normalized spacial score (nSPS) is 13.0. The molecular formula is C19H34N4O. The molecule has 0 aromatic heterocycles. The number of aliphatic imine (C=N–C) groups is 1. The molecule has 0 aliphatic heterocycles. The van der Waals surface area contributed by atoms with Crippen LogP contribution in [0.15, 0.2) is 29.3 Å². The topological polar surface area (TPSA) is 48.9 Å². The first kappa shape index (κ1) is 20.3. The van der Waals surface area contributed by atoms with Crippen molar-refractivity contribution in [1.82, 2.24) is 15.5 Å². The minimum atomic E-state index is 0.400. The Morgan fingerprint density at radius 2 is 1.92 bits per heavy atom. The van der Waals surface area contributed by atoms with E-state index in [2.05, 4.69) is 54.3 Å². The van der Waals surface area contributed by atoms with E-state index in [0.29, 0.717) is 19.2 Å². The van der Waals surface area contributed by atoms with E-state index in [4.69, 9.17) is 4.74 Å². The van der Waals surface area contributed by atoms with Crippen LogP contribution in [0.5, 0.6) is 5.75 Å². The summed E-state index contributed by atoms with van der Waals surface area (Å²) in [7, 11) is 1.80. The number of rotatable bonds is 10. The van der Waals surface area contributed by atoms with Crippen LogP contribution < -0.4 is 15.4 Å². The molecule has 0 aliphatic carbocycles. The van der Waals surface area contributed by atoms with Crippen molar-refractivity contribution in [3.63, 3.8) is 0 Å². The summed E-state index contributed by atoms with van der Waals surface area (Å²) >= 11 is 0. The fourth-order valence-corrected chi connectivity index (χ4v) is 2.32. The smallest absolute Gasteiger partial charge is 0.191 e. The molecule has 0 heterocycles. The molecule has 0 fully saturated rings. The molecule has 2 N–H and O–H groups in total. The van der Waals surface area contributed by atoms with Crippen molar-refractivity contribution in [2.45, 2.75) is 46.7 Å². The van der Waals surface area contributed by atoms with Gasteiger partial charge in [-0.25, -0.2) is 0 Å². The third-order valence-corrected chi connectivity index (χ3v) is 4.20. The van der Waals surface area contributed by atoms with Crippen LogP contribution in [0.25, 0.3) is 0 Å². The van der Waals surface area contributed by atoms with Crippen LogP contribution in [-0.2, 0) is 6.54 Å². The van der Waals surface area contributed by atoms with E-state index in [1.54, 1.807) is 7.05 Å². The molecule has 5 heteroatoms. The number of hydrogen-bond donors (Lipinski definition) is 2. The molecular weight excluding hydrogens is 300 g/mol. The Morgan fingerprint density at radius 3 is 2.54 bits per heavy atom. The molecule has 1 aromatic rings. The van der Waals surface area contributed by atoms with E-state index < -0.39 is 0 Å². The molecule has 0 saturated heterocycles. The number of ether oxygens (including phenoxy) is 1. The summed E-state index contributed by atoms with van der Waals surface area (Å²) in [5.41, 5.74) is 1.14. The van der Waals surface area contributed by atoms with E-state index in [9.17, 15) is 0 Å². The van der Waals surface area contributed by atoms with Gasteiger partial charge in [-0.15, -0.1) is 0 Å². The number of guanidine groups is 1. The number of nitrogens with one attached hydrogen (secondary N) is 2. The van der Waals surface area contributed by atoms with Gasteiger partial charge in [0.1, 0.15) is 12.4 Å². The molecule has 0 radical (unpaired) electrons. The van der Waals surface area contributed by atoms with Gasteiger partial charge in [-0.1, -0.05) is 39.0 Å². The average Bonchev–Trinajstić information content (AvgIpc) is 2.62. The van der Waals surface area contributed by atoms with Crippen molar-refractivity contribution >= 4 is 5.96 Å². The van der Waals surface area contributed by atoms with Gasteiger partial charge in [0.25, 0.3) is 0 Å². The highest BCUT2D eigenvalue weighted by Crippen LogP contribution is 2.17. The third-order valence-electron chi connectivity index (χ3n) is 4.20. The van der Waals surface area contributed by atoms with E-state index in [1.807, 2.05) is 18.2 Å². The zero-order chi connectivity index (χ0) is 17.8. The van der Waals surface area contributed by atoms with Gasteiger partial charge in [0.2, 0.25) is 0 Å². The summed E-state index contributed by atoms with van der Waals surface area (Å²) in [5, 5.41) is 6.73. The molecule has 0 aliphatic rings. The Morgan fingerprint density at radius 1 is 1.21 bits per heavy atom. The Labute approximate surface area is 147 Å². The third kappa shape index (κ3) is 7.21. The lowest BCUT2D eigenvalue weighted by Crippen LogP contribution is -2.41. The quantitative estimate of drug-likeness (QED) is 0.510. The highest BCUT2D eigenvalue weighted by atomic mass is 16.5. The largest absolute Gasteiger partial charge is 0.492 e. The number of hydrogen-bond acceptors (Lipinski definition) is 3. The number of para-hydroxylation sites is 1. The van der Waals surface area contributed by atoms with Crippen molar-refractivity contribution in [3.8, 4) is 5.75 Å². The maximum atomic E-state index is 6.00. The zero-order valence-corrected chi connectivity index (χ0v) is 15.9. The van der Waals surface area contributed by atoms with E-state index in [0.717, 1.165) is 43.3 Å². The first-order valence-electron chi connectivity index (χ1n) is 9.04. The van der Waals surface area contributed by atoms with Crippen molar-refractivity contribution < 1.29 is 4.74 Å². The Hall–Kier alpha value is -1.75. The Bertz CT molecular complexity index is 486. The van der Waals surface area contributed by atoms with Crippen molar-refractivity contribution in [2.24, 2.45) is 4.99 Å². The van der Waals surface area contributed by atoms with Crippen LogP contribution in [0.1, 0.15) is 39.7 Å². The van der Waals surface area contributed by atoms with Gasteiger partial charge in [-0.3, -0.25) is 4.99 Å². The molecule has 0 spiro atoms. The highest BCUT2D eigenvalue weighted by Gasteiger charge is 2.07. The molecule has 1 unspecified atom stereocenters. The fraction of sp³-hybridized carbons (Fsp3) is 0.632. The standard InChI is InChI=1S/C19H34N4O/c1-6-16(4)22-19(20-5)21-15-17-11-9-10-12-18(17)24-14-13-23(7-2)8-3/h9-12,16H,6-8,13-15H2,1-5H3,(H2,20,21,22). The fourth-order valence-electron chi connectivity index (χ4n) is 2.32. The van der Waals surface area contributed by atoms with Crippen molar-refractivity contribution in [2.75, 3.05) is 33.3 Å². The number of nitrogens with zero attached hydrogens (tertiary/aromatic N) is 2. The average molecular weight is 335 g/mol. The van der Waals surface area contributed by atoms with Gasteiger partial charge >= 0.3 is 0 Å². The molecule has 0 saturated carbocycles. The lowest BCUT2D eigenvalue weighted by Gasteiger charge is -2.20. The summed E-state index contributed by atoms with van der Waals surface area (Å²) in [6.07, 6.45) is 1.06. The molecule has 1 aromatic carbocycles. The molecule has 136 valence electrons. The van der Waals surface area contributed by atoms with Crippen LogP contribution in [0.3, 0.4) is 0 Å². The van der Waals surface area contributed by atoms with Crippen LogP contribution in [-0.4, -0.2) is 50.2 Å². The van der Waals surface area contributed by atoms with E-state index >= 15 is 0 Å². The first-order chi connectivity index (χ1) is 11.6. The summed E-state index contributed by atoms with van der Waals surface area (Å²) in [6, 6.07) is 8.58. The predicted molar refractivity (Wildman–Crippen MR) is 103 cm³/mol. The molecule has 1 rings (SSSR count). The molecule has 0 amide bonds. The maximum Gasteiger partial charge on any atom is 0.191 e. The van der Waals surface area contributed by atoms with Gasteiger partial charge < -0.3 is 20.3 Å². The SMILES string of the molecule is CCC(C)NC(=NC)NCc1ccccc1OCCN(CC)CC. The van der Waals surface area contributed by atoms with Crippen molar-refractivity contribution in [3.05, 3.63) is 29.8 Å². The summed E-state index contributed by atoms with van der Waals surface area (Å²) in [4.78, 5) is 6.64. The molecule has 5 nitrogen and oxygen atoms in total. The van der Waals surface area contributed by atoms with Crippen LogP contribution in [0.4, 0.5) is 0 Å². The van der Waals surface area contributed by atoms with Crippen molar-refractivity contribution in [1.29, 1.82) is 0 Å². The minimum absolute atomic E-state index is 0.400. The molecule has 24 heavy (non-hydrogen) atoms. The summed E-state index contributed by atoms with van der Waals surface area (Å²) in [5.74, 6) is 1.76. The molecule has 1 atom stereocenters. The lowest BCUT2D eigenvalue weighted by molar-refractivity contribution is 0.221. The van der Waals surface area contributed by atoms with E-state index in [-0.39, 0.29) is 0 Å². The summed E-state index contributed by atoms with van der Waals surface area (Å²) < 4.78 is 6.00. The van der Waals surface area contributed by atoms with Crippen LogP contribution >= 0.6 is 0 Å². The van der Waals surface area contributed by atoms with Gasteiger partial charge in [-0.2, -0.15) is 0 Å². The highest BCUT2D eigenvalue weighted by molar-refractivity contribution is 5.79. The van der Waals surface area contributed by atoms with Gasteiger partial charge in [0.05, 0.1) is 0 Å². The van der Waals surface area contributed by atoms with E-state index in [1.165, 1.54) is 0 Å². The predicted octanol–water partition coefficient (Wildman–Crippen LogP) is 2.87. The van der Waals surface area contributed by atoms with Crippen LogP contribution in [0.2, 0.25) is 0 Å². The minimum Gasteiger partial charge on any atom is -0.492 e. The summed E-state index contributed by atoms with van der Waals surface area (Å²) in [6.45, 7) is 13.1. The zero-order valence-electron chi connectivity index (χ0n) is 15.9. The lowest BCUT2D eigenvalue weighted by atomic mass is 10.2. The monoisotopic (exact) mass is 334 g/mol. The Kier molecular flexibility index (Phi) is 9.92.